The summed E-state index contributed by atoms with van der Waals surface area (Å²) in [5, 5.41) is 11.2. The van der Waals surface area contributed by atoms with Gasteiger partial charge in [0.25, 0.3) is 0 Å². The van der Waals surface area contributed by atoms with E-state index in [1.54, 1.807) is 0 Å². The molecule has 0 atom stereocenters. The fourth-order valence-corrected chi connectivity index (χ4v) is 1.15. The van der Waals surface area contributed by atoms with Gasteiger partial charge in [-0.15, -0.1) is 0 Å². The molecule has 0 aromatic rings. The summed E-state index contributed by atoms with van der Waals surface area (Å²) in [6, 6.07) is 0. The summed E-state index contributed by atoms with van der Waals surface area (Å²) in [5.74, 6) is 0.671. The molecule has 0 unspecified atom stereocenters. The van der Waals surface area contributed by atoms with E-state index in [1.807, 2.05) is 39.0 Å². The van der Waals surface area contributed by atoms with Crippen molar-refractivity contribution < 1.29 is 0 Å². The normalized spacial score (nSPS) is 11.3. The van der Waals surface area contributed by atoms with Gasteiger partial charge in [-0.25, -0.2) is 0 Å². The molecule has 0 saturated carbocycles. The second-order valence-corrected chi connectivity index (χ2v) is 3.42. The van der Waals surface area contributed by atoms with Crippen LogP contribution in [0, 0.1) is 11.5 Å². The number of aliphatic imine (C=N–C) groups is 1. The van der Waals surface area contributed by atoms with E-state index >= 15 is 0 Å². The van der Waals surface area contributed by atoms with Crippen molar-refractivity contribution >= 4 is 5.96 Å². The largest absolute Gasteiger partial charge is 0.343 e. The predicted octanol–water partition coefficient (Wildman–Crippen LogP) is 0.316. The summed E-state index contributed by atoms with van der Waals surface area (Å²) < 4.78 is 0. The van der Waals surface area contributed by atoms with Gasteiger partial charge in [0, 0.05) is 19.6 Å². The highest BCUT2D eigenvalue weighted by atomic mass is 15.3. The zero-order chi connectivity index (χ0) is 11.7. The summed E-state index contributed by atoms with van der Waals surface area (Å²) in [6.07, 6.45) is 1.92. The molecule has 0 radical (unpaired) electrons. The highest BCUT2D eigenvalue weighted by Crippen LogP contribution is 1.89. The zero-order valence-electron chi connectivity index (χ0n) is 10.1. The van der Waals surface area contributed by atoms with Crippen molar-refractivity contribution in [2.75, 3.05) is 40.3 Å². The van der Waals surface area contributed by atoms with E-state index in [1.165, 1.54) is 0 Å². The van der Waals surface area contributed by atoms with Crippen LogP contribution in [0.5, 0.6) is 0 Å². The van der Waals surface area contributed by atoms with E-state index in [2.05, 4.69) is 15.2 Å². The number of nitrogens with zero attached hydrogens (tertiary/aromatic N) is 4. The van der Waals surface area contributed by atoms with E-state index in [0.29, 0.717) is 12.5 Å². The first kappa shape index (κ1) is 13.7. The molecule has 0 saturated heterocycles. The Hall–Kier alpha value is -1.28. The van der Waals surface area contributed by atoms with Crippen LogP contribution in [0.3, 0.4) is 0 Å². The van der Waals surface area contributed by atoms with Gasteiger partial charge in [0.1, 0.15) is 0 Å². The summed E-state index contributed by atoms with van der Waals surface area (Å²) in [6.45, 7) is 7.39. The summed E-state index contributed by atoms with van der Waals surface area (Å²) in [7, 11) is 4.01. The SMILES string of the molecule is CCN(CC)C(=NCCN(C)C)NC#N. The number of nitrogens with one attached hydrogen (secondary N) is 1. The molecule has 0 aliphatic carbocycles. The number of hydrogen-bond acceptors (Lipinski definition) is 3. The Kier molecular flexibility index (Phi) is 7.38. The van der Waals surface area contributed by atoms with Crippen LogP contribution in [0.15, 0.2) is 4.99 Å². The van der Waals surface area contributed by atoms with Crippen molar-refractivity contribution in [1.82, 2.24) is 15.1 Å². The second-order valence-electron chi connectivity index (χ2n) is 3.42. The molecule has 0 aromatic heterocycles. The quantitative estimate of drug-likeness (QED) is 0.308. The molecule has 0 heterocycles. The standard InChI is InChI=1S/C10H21N5/c1-5-15(6-2)10(13-9-11)12-7-8-14(3)4/h5-8H2,1-4H3,(H,12,13). The van der Waals surface area contributed by atoms with E-state index in [9.17, 15) is 0 Å². The van der Waals surface area contributed by atoms with Crippen LogP contribution in [0.25, 0.3) is 0 Å². The van der Waals surface area contributed by atoms with Crippen molar-refractivity contribution in [2.45, 2.75) is 13.8 Å². The average Bonchev–Trinajstić information content (AvgIpc) is 2.19. The van der Waals surface area contributed by atoms with Crippen molar-refractivity contribution in [2.24, 2.45) is 4.99 Å². The molecule has 0 aliphatic heterocycles. The summed E-state index contributed by atoms with van der Waals surface area (Å²) in [5.41, 5.74) is 0. The molecule has 1 N–H and O–H groups in total. The highest BCUT2D eigenvalue weighted by Gasteiger charge is 2.05. The minimum atomic E-state index is 0.671. The third kappa shape index (κ3) is 5.92. The Labute approximate surface area is 92.4 Å². The number of hydrogen-bond donors (Lipinski definition) is 1. The number of likely N-dealkylation sites (N-methyl/N-ethyl adjacent to an activating group) is 1. The molecule has 0 aliphatic rings. The first-order valence-corrected chi connectivity index (χ1v) is 5.24. The van der Waals surface area contributed by atoms with Crippen LogP contribution >= 0.6 is 0 Å². The third-order valence-corrected chi connectivity index (χ3v) is 2.04. The van der Waals surface area contributed by atoms with Crippen molar-refractivity contribution in [3.8, 4) is 6.19 Å². The molecule has 0 bridgehead atoms. The van der Waals surface area contributed by atoms with Gasteiger partial charge in [-0.2, -0.15) is 5.26 Å². The van der Waals surface area contributed by atoms with Crippen molar-refractivity contribution in [3.05, 3.63) is 0 Å². The number of rotatable bonds is 5. The van der Waals surface area contributed by atoms with Gasteiger partial charge in [-0.05, 0) is 27.9 Å². The maximum absolute atomic E-state index is 8.61. The maximum Gasteiger partial charge on any atom is 0.207 e. The molecule has 0 rings (SSSR count). The Balaban J connectivity index is 4.30. The average molecular weight is 211 g/mol. The Morgan fingerprint density at radius 1 is 1.33 bits per heavy atom. The van der Waals surface area contributed by atoms with Gasteiger partial charge in [-0.3, -0.25) is 10.3 Å². The minimum absolute atomic E-state index is 0.671. The molecule has 86 valence electrons. The minimum Gasteiger partial charge on any atom is -0.343 e. The Morgan fingerprint density at radius 2 is 1.93 bits per heavy atom. The van der Waals surface area contributed by atoms with Gasteiger partial charge in [0.15, 0.2) is 6.19 Å². The van der Waals surface area contributed by atoms with Crippen LogP contribution in [0.2, 0.25) is 0 Å². The van der Waals surface area contributed by atoms with E-state index in [4.69, 9.17) is 5.26 Å². The highest BCUT2D eigenvalue weighted by molar-refractivity contribution is 5.81. The van der Waals surface area contributed by atoms with Gasteiger partial charge in [0.2, 0.25) is 5.96 Å². The lowest BCUT2D eigenvalue weighted by Gasteiger charge is -2.21. The van der Waals surface area contributed by atoms with Crippen molar-refractivity contribution in [3.63, 3.8) is 0 Å². The molecular weight excluding hydrogens is 190 g/mol. The zero-order valence-corrected chi connectivity index (χ0v) is 10.1. The smallest absolute Gasteiger partial charge is 0.207 e. The topological polar surface area (TPSA) is 54.7 Å². The van der Waals surface area contributed by atoms with Gasteiger partial charge >= 0.3 is 0 Å². The van der Waals surface area contributed by atoms with Crippen molar-refractivity contribution in [1.29, 1.82) is 5.26 Å². The van der Waals surface area contributed by atoms with Gasteiger partial charge < -0.3 is 9.80 Å². The number of guanidine groups is 1. The molecule has 5 heteroatoms. The molecule has 0 amide bonds. The lowest BCUT2D eigenvalue weighted by Crippen LogP contribution is -2.39. The fourth-order valence-electron chi connectivity index (χ4n) is 1.15. The molecule has 5 nitrogen and oxygen atoms in total. The number of nitriles is 1. The molecule has 0 spiro atoms. The predicted molar refractivity (Wildman–Crippen MR) is 62.5 cm³/mol. The van der Waals surface area contributed by atoms with Crippen LogP contribution in [-0.2, 0) is 0 Å². The Bertz CT molecular complexity index is 224. The van der Waals surface area contributed by atoms with E-state index in [0.717, 1.165) is 19.6 Å². The molecular formula is C10H21N5. The van der Waals surface area contributed by atoms with Crippen LogP contribution in [-0.4, -0.2) is 56.0 Å². The first-order valence-electron chi connectivity index (χ1n) is 5.24. The molecule has 0 aromatic carbocycles. The summed E-state index contributed by atoms with van der Waals surface area (Å²) in [4.78, 5) is 8.45. The monoisotopic (exact) mass is 211 g/mol. The van der Waals surface area contributed by atoms with Gasteiger partial charge in [-0.1, -0.05) is 0 Å². The van der Waals surface area contributed by atoms with E-state index in [-0.39, 0.29) is 0 Å². The Morgan fingerprint density at radius 3 is 2.33 bits per heavy atom. The molecule has 0 fully saturated rings. The van der Waals surface area contributed by atoms with Crippen LogP contribution in [0.4, 0.5) is 0 Å². The van der Waals surface area contributed by atoms with Crippen LogP contribution in [0.1, 0.15) is 13.8 Å². The first-order chi connectivity index (χ1) is 7.15. The third-order valence-electron chi connectivity index (χ3n) is 2.04. The van der Waals surface area contributed by atoms with Gasteiger partial charge in [0.05, 0.1) is 6.54 Å². The lowest BCUT2D eigenvalue weighted by atomic mass is 10.5. The second kappa shape index (κ2) is 8.06. The molecule has 15 heavy (non-hydrogen) atoms. The summed E-state index contributed by atoms with van der Waals surface area (Å²) >= 11 is 0. The fraction of sp³-hybridized carbons (Fsp3) is 0.800. The van der Waals surface area contributed by atoms with E-state index < -0.39 is 0 Å². The van der Waals surface area contributed by atoms with Crippen LogP contribution < -0.4 is 5.32 Å². The lowest BCUT2D eigenvalue weighted by molar-refractivity contribution is 0.414. The maximum atomic E-state index is 8.61.